The first-order valence-electron chi connectivity index (χ1n) is 7.20. The molecule has 4 heteroatoms. The van der Waals surface area contributed by atoms with E-state index in [0.29, 0.717) is 6.42 Å². The van der Waals surface area contributed by atoms with Crippen molar-refractivity contribution in [2.75, 3.05) is 6.54 Å². The van der Waals surface area contributed by atoms with Crippen LogP contribution in [0.15, 0.2) is 24.3 Å². The number of carbonyl (C=O) groups excluding carboxylic acids is 2. The Morgan fingerprint density at radius 3 is 2.75 bits per heavy atom. The van der Waals surface area contributed by atoms with Crippen LogP contribution in [0.2, 0.25) is 0 Å². The zero-order valence-corrected chi connectivity index (χ0v) is 12.0. The highest BCUT2D eigenvalue weighted by Crippen LogP contribution is 2.21. The van der Waals surface area contributed by atoms with Gasteiger partial charge in [0.05, 0.1) is 6.42 Å². The molecule has 2 N–H and O–H groups in total. The lowest BCUT2D eigenvalue weighted by Gasteiger charge is -2.35. The second kappa shape index (κ2) is 6.55. The van der Waals surface area contributed by atoms with Gasteiger partial charge in [-0.3, -0.25) is 9.59 Å². The highest BCUT2D eigenvalue weighted by Gasteiger charge is 2.27. The van der Waals surface area contributed by atoms with E-state index in [4.69, 9.17) is 5.73 Å². The molecule has 0 aromatic heterocycles. The number of nitrogens with two attached hydrogens (primary N) is 1. The van der Waals surface area contributed by atoms with E-state index in [9.17, 15) is 9.59 Å². The molecule has 1 aromatic rings. The van der Waals surface area contributed by atoms with Crippen molar-refractivity contribution in [3.8, 4) is 0 Å². The van der Waals surface area contributed by atoms with E-state index in [1.54, 1.807) is 0 Å². The quantitative estimate of drug-likeness (QED) is 0.910. The summed E-state index contributed by atoms with van der Waals surface area (Å²) in [5.41, 5.74) is 7.47. The monoisotopic (exact) mass is 274 g/mol. The lowest BCUT2D eigenvalue weighted by atomic mass is 9.97. The lowest BCUT2D eigenvalue weighted by Crippen LogP contribution is -2.46. The van der Waals surface area contributed by atoms with Gasteiger partial charge in [-0.2, -0.15) is 0 Å². The zero-order valence-electron chi connectivity index (χ0n) is 12.0. The predicted molar refractivity (Wildman–Crippen MR) is 78.0 cm³/mol. The Morgan fingerprint density at radius 2 is 2.05 bits per heavy atom. The van der Waals surface area contributed by atoms with Crippen LogP contribution in [0.25, 0.3) is 0 Å². The third kappa shape index (κ3) is 3.59. The van der Waals surface area contributed by atoms with Gasteiger partial charge >= 0.3 is 0 Å². The molecule has 1 aliphatic heterocycles. The summed E-state index contributed by atoms with van der Waals surface area (Å²) >= 11 is 0. The molecule has 1 heterocycles. The van der Waals surface area contributed by atoms with Crippen molar-refractivity contribution in [3.63, 3.8) is 0 Å². The SMILES string of the molecule is Cc1ccccc1CC(=O)N1CCCC[C@@H]1CC(N)=O. The number of likely N-dealkylation sites (tertiary alicyclic amines) is 1. The molecule has 1 aromatic carbocycles. The van der Waals surface area contributed by atoms with Gasteiger partial charge in [-0.15, -0.1) is 0 Å². The Hall–Kier alpha value is -1.84. The van der Waals surface area contributed by atoms with Crippen molar-refractivity contribution in [1.29, 1.82) is 0 Å². The predicted octanol–water partition coefficient (Wildman–Crippen LogP) is 1.79. The first kappa shape index (κ1) is 14.6. The van der Waals surface area contributed by atoms with Gasteiger partial charge in [-0.05, 0) is 37.3 Å². The van der Waals surface area contributed by atoms with Gasteiger partial charge in [-0.25, -0.2) is 0 Å². The molecule has 0 saturated carbocycles. The molecular formula is C16H22N2O2. The first-order chi connectivity index (χ1) is 9.58. The summed E-state index contributed by atoms with van der Waals surface area (Å²) in [5.74, 6) is -0.226. The van der Waals surface area contributed by atoms with Gasteiger partial charge in [0.1, 0.15) is 0 Å². The Morgan fingerprint density at radius 1 is 1.30 bits per heavy atom. The first-order valence-corrected chi connectivity index (χ1v) is 7.20. The number of piperidine rings is 1. The number of primary amides is 1. The maximum atomic E-state index is 12.5. The minimum absolute atomic E-state index is 0.0160. The number of hydrogen-bond donors (Lipinski definition) is 1. The molecule has 2 amide bonds. The number of benzene rings is 1. The third-order valence-corrected chi connectivity index (χ3v) is 3.99. The largest absolute Gasteiger partial charge is 0.370 e. The van der Waals surface area contributed by atoms with E-state index in [-0.39, 0.29) is 24.3 Å². The van der Waals surface area contributed by atoms with E-state index in [0.717, 1.165) is 36.9 Å². The van der Waals surface area contributed by atoms with Gasteiger partial charge in [0.15, 0.2) is 0 Å². The molecule has 0 aliphatic carbocycles. The van der Waals surface area contributed by atoms with Crippen LogP contribution in [0, 0.1) is 6.92 Å². The third-order valence-electron chi connectivity index (χ3n) is 3.99. The number of carbonyl (C=O) groups is 2. The van der Waals surface area contributed by atoms with Gasteiger partial charge in [-0.1, -0.05) is 24.3 Å². The van der Waals surface area contributed by atoms with E-state index < -0.39 is 0 Å². The van der Waals surface area contributed by atoms with Gasteiger partial charge in [0.2, 0.25) is 11.8 Å². The molecule has 0 spiro atoms. The summed E-state index contributed by atoms with van der Waals surface area (Å²) in [6.45, 7) is 2.75. The zero-order chi connectivity index (χ0) is 14.5. The maximum absolute atomic E-state index is 12.5. The molecule has 0 bridgehead atoms. The molecule has 4 nitrogen and oxygen atoms in total. The normalized spacial score (nSPS) is 18.9. The van der Waals surface area contributed by atoms with Crippen LogP contribution in [0.4, 0.5) is 0 Å². The summed E-state index contributed by atoms with van der Waals surface area (Å²) in [5, 5.41) is 0. The fraction of sp³-hybridized carbons (Fsp3) is 0.500. The van der Waals surface area contributed by atoms with Crippen molar-refractivity contribution in [3.05, 3.63) is 35.4 Å². The Kier molecular flexibility index (Phi) is 4.77. The van der Waals surface area contributed by atoms with Crippen molar-refractivity contribution in [1.82, 2.24) is 4.90 Å². The Balaban J connectivity index is 2.06. The standard InChI is InChI=1S/C16H22N2O2/c1-12-6-2-3-7-13(12)10-16(20)18-9-5-4-8-14(18)11-15(17)19/h2-3,6-7,14H,4-5,8-11H2,1H3,(H2,17,19)/t14-/m1/s1. The van der Waals surface area contributed by atoms with Gasteiger partial charge < -0.3 is 10.6 Å². The molecule has 108 valence electrons. The van der Waals surface area contributed by atoms with Crippen LogP contribution in [-0.4, -0.2) is 29.3 Å². The fourth-order valence-corrected chi connectivity index (χ4v) is 2.85. The van der Waals surface area contributed by atoms with Crippen LogP contribution in [0.1, 0.15) is 36.8 Å². The molecule has 1 aliphatic rings. The number of amides is 2. The van der Waals surface area contributed by atoms with Crippen LogP contribution >= 0.6 is 0 Å². The molecule has 1 saturated heterocycles. The summed E-state index contributed by atoms with van der Waals surface area (Å²) in [6, 6.07) is 7.91. The summed E-state index contributed by atoms with van der Waals surface area (Å²) in [6.07, 6.45) is 3.63. The van der Waals surface area contributed by atoms with E-state index >= 15 is 0 Å². The number of nitrogens with zero attached hydrogens (tertiary/aromatic N) is 1. The summed E-state index contributed by atoms with van der Waals surface area (Å²) in [4.78, 5) is 25.5. The molecule has 0 unspecified atom stereocenters. The van der Waals surface area contributed by atoms with Crippen LogP contribution < -0.4 is 5.73 Å². The Bertz CT molecular complexity index is 499. The Labute approximate surface area is 119 Å². The smallest absolute Gasteiger partial charge is 0.227 e. The van der Waals surface area contributed by atoms with E-state index in [1.165, 1.54) is 0 Å². The molecule has 1 atom stereocenters. The van der Waals surface area contributed by atoms with Crippen molar-refractivity contribution in [2.45, 2.75) is 45.1 Å². The lowest BCUT2D eigenvalue weighted by molar-refractivity contribution is -0.135. The average Bonchev–Trinajstić information content (AvgIpc) is 2.41. The average molecular weight is 274 g/mol. The fourth-order valence-electron chi connectivity index (χ4n) is 2.85. The maximum Gasteiger partial charge on any atom is 0.227 e. The van der Waals surface area contributed by atoms with Crippen LogP contribution in [0.3, 0.4) is 0 Å². The second-order valence-electron chi connectivity index (χ2n) is 5.51. The summed E-state index contributed by atoms with van der Waals surface area (Å²) in [7, 11) is 0. The molecule has 2 rings (SSSR count). The number of hydrogen-bond acceptors (Lipinski definition) is 2. The van der Waals surface area contributed by atoms with Gasteiger partial charge in [0.25, 0.3) is 0 Å². The van der Waals surface area contributed by atoms with Gasteiger partial charge in [0, 0.05) is 19.0 Å². The van der Waals surface area contributed by atoms with Crippen molar-refractivity contribution >= 4 is 11.8 Å². The highest BCUT2D eigenvalue weighted by molar-refractivity contribution is 5.81. The van der Waals surface area contributed by atoms with E-state index in [2.05, 4.69) is 0 Å². The topological polar surface area (TPSA) is 63.4 Å². The van der Waals surface area contributed by atoms with Crippen molar-refractivity contribution < 1.29 is 9.59 Å². The highest BCUT2D eigenvalue weighted by atomic mass is 16.2. The number of aryl methyl sites for hydroxylation is 1. The molecule has 1 fully saturated rings. The van der Waals surface area contributed by atoms with Crippen LogP contribution in [-0.2, 0) is 16.0 Å². The minimum Gasteiger partial charge on any atom is -0.370 e. The molecular weight excluding hydrogens is 252 g/mol. The molecule has 0 radical (unpaired) electrons. The van der Waals surface area contributed by atoms with Crippen molar-refractivity contribution in [2.24, 2.45) is 5.73 Å². The molecule has 20 heavy (non-hydrogen) atoms. The van der Waals surface area contributed by atoms with Crippen LogP contribution in [0.5, 0.6) is 0 Å². The summed E-state index contributed by atoms with van der Waals surface area (Å²) < 4.78 is 0. The second-order valence-corrected chi connectivity index (χ2v) is 5.51. The minimum atomic E-state index is -0.328. The number of rotatable bonds is 4. The van der Waals surface area contributed by atoms with E-state index in [1.807, 2.05) is 36.1 Å².